The van der Waals surface area contributed by atoms with Gasteiger partial charge in [0, 0.05) is 56.4 Å². The number of rotatable bonds is 6. The molecule has 2 aliphatic heterocycles. The number of benzene rings is 1. The zero-order valence-corrected chi connectivity index (χ0v) is 17.7. The van der Waals surface area contributed by atoms with Gasteiger partial charge in [-0.05, 0) is 30.5 Å². The number of aromatic nitrogens is 1. The van der Waals surface area contributed by atoms with E-state index in [2.05, 4.69) is 28.9 Å². The zero-order valence-electron chi connectivity index (χ0n) is 16.9. The molecular weight excluding hydrogens is 384 g/mol. The van der Waals surface area contributed by atoms with Crippen molar-refractivity contribution in [1.29, 1.82) is 0 Å². The molecule has 0 unspecified atom stereocenters. The molecule has 4 rings (SSSR count). The van der Waals surface area contributed by atoms with Crippen molar-refractivity contribution in [3.05, 3.63) is 41.4 Å². The summed E-state index contributed by atoms with van der Waals surface area (Å²) in [5.41, 5.74) is 2.20. The van der Waals surface area contributed by atoms with E-state index in [1.807, 2.05) is 28.6 Å². The van der Waals surface area contributed by atoms with Crippen LogP contribution in [0.25, 0.3) is 0 Å². The van der Waals surface area contributed by atoms with Crippen molar-refractivity contribution in [2.75, 3.05) is 42.5 Å². The Bertz CT molecular complexity index is 829. The Kier molecular flexibility index (Phi) is 6.13. The van der Waals surface area contributed by atoms with E-state index in [1.165, 1.54) is 18.4 Å². The summed E-state index contributed by atoms with van der Waals surface area (Å²) in [5, 5.41) is 2.99. The number of nitrogens with zero attached hydrogens (tertiary/aromatic N) is 4. The highest BCUT2D eigenvalue weighted by atomic mass is 32.1. The molecule has 0 radical (unpaired) electrons. The van der Waals surface area contributed by atoms with Crippen molar-refractivity contribution in [2.24, 2.45) is 5.92 Å². The maximum atomic E-state index is 13.0. The molecule has 0 spiro atoms. The summed E-state index contributed by atoms with van der Waals surface area (Å²) < 4.78 is 0. The fourth-order valence-corrected chi connectivity index (χ4v) is 4.79. The first-order valence-corrected chi connectivity index (χ1v) is 11.4. The molecule has 2 saturated heterocycles. The largest absolute Gasteiger partial charge is 0.345 e. The third-order valence-corrected chi connectivity index (χ3v) is 6.65. The second kappa shape index (κ2) is 8.95. The second-order valence-electron chi connectivity index (χ2n) is 7.80. The number of unbranched alkanes of at least 4 members (excludes halogenated alkanes) is 1. The van der Waals surface area contributed by atoms with Crippen LogP contribution in [0, 0.1) is 5.92 Å². The van der Waals surface area contributed by atoms with E-state index in [1.54, 1.807) is 16.2 Å². The van der Waals surface area contributed by atoms with Gasteiger partial charge < -0.3 is 14.7 Å². The van der Waals surface area contributed by atoms with Gasteiger partial charge in [0.1, 0.15) is 0 Å². The smallest absolute Gasteiger partial charge is 0.228 e. The summed E-state index contributed by atoms with van der Waals surface area (Å²) in [4.78, 5) is 35.8. The number of thiazole rings is 1. The molecule has 6 nitrogen and oxygen atoms in total. The highest BCUT2D eigenvalue weighted by molar-refractivity contribution is 7.13. The van der Waals surface area contributed by atoms with E-state index >= 15 is 0 Å². The Morgan fingerprint density at radius 2 is 1.93 bits per heavy atom. The molecule has 154 valence electrons. The van der Waals surface area contributed by atoms with Crippen molar-refractivity contribution in [3.63, 3.8) is 0 Å². The van der Waals surface area contributed by atoms with E-state index in [-0.39, 0.29) is 17.7 Å². The number of aryl methyl sites for hydroxylation is 1. The lowest BCUT2D eigenvalue weighted by molar-refractivity contribution is -0.136. The molecule has 3 heterocycles. The molecule has 0 N–H and O–H groups in total. The van der Waals surface area contributed by atoms with Crippen LogP contribution in [-0.4, -0.2) is 54.4 Å². The minimum Gasteiger partial charge on any atom is -0.345 e. The Balaban J connectivity index is 1.33. The van der Waals surface area contributed by atoms with Gasteiger partial charge in [-0.3, -0.25) is 9.59 Å². The summed E-state index contributed by atoms with van der Waals surface area (Å²) in [6, 6.07) is 8.24. The number of amides is 2. The molecule has 1 aromatic carbocycles. The minimum atomic E-state index is -0.242. The van der Waals surface area contributed by atoms with Crippen LogP contribution >= 0.6 is 11.3 Å². The molecule has 29 heavy (non-hydrogen) atoms. The number of hydrogen-bond acceptors (Lipinski definition) is 5. The minimum absolute atomic E-state index is 0.0473. The fraction of sp³-hybridized carbons (Fsp3) is 0.500. The average Bonchev–Trinajstić information content (AvgIpc) is 3.42. The van der Waals surface area contributed by atoms with Crippen molar-refractivity contribution in [3.8, 4) is 0 Å². The molecule has 0 aliphatic carbocycles. The Labute approximate surface area is 176 Å². The third kappa shape index (κ3) is 4.45. The second-order valence-corrected chi connectivity index (χ2v) is 8.68. The summed E-state index contributed by atoms with van der Waals surface area (Å²) in [6.45, 7) is 5.64. The first-order chi connectivity index (χ1) is 14.2. The van der Waals surface area contributed by atoms with Crippen molar-refractivity contribution < 1.29 is 9.59 Å². The van der Waals surface area contributed by atoms with Crippen LogP contribution in [0.3, 0.4) is 0 Å². The van der Waals surface area contributed by atoms with Gasteiger partial charge in [-0.2, -0.15) is 0 Å². The molecule has 7 heteroatoms. The van der Waals surface area contributed by atoms with Gasteiger partial charge in [-0.15, -0.1) is 11.3 Å². The van der Waals surface area contributed by atoms with Gasteiger partial charge in [0.25, 0.3) is 0 Å². The fourth-order valence-electron chi connectivity index (χ4n) is 4.09. The van der Waals surface area contributed by atoms with Crippen LogP contribution in [0.5, 0.6) is 0 Å². The maximum Gasteiger partial charge on any atom is 0.228 e. The summed E-state index contributed by atoms with van der Waals surface area (Å²) in [6.07, 6.45) is 5.54. The van der Waals surface area contributed by atoms with Gasteiger partial charge in [-0.25, -0.2) is 4.98 Å². The SMILES string of the molecule is CCCCc1ccc(N2C[C@@H](C(=O)N3CCN(c4nccs4)CC3)CC2=O)cc1. The lowest BCUT2D eigenvalue weighted by atomic mass is 10.1. The van der Waals surface area contributed by atoms with E-state index in [4.69, 9.17) is 0 Å². The zero-order chi connectivity index (χ0) is 20.2. The Morgan fingerprint density at radius 3 is 2.59 bits per heavy atom. The van der Waals surface area contributed by atoms with Gasteiger partial charge >= 0.3 is 0 Å². The first kappa shape index (κ1) is 19.9. The average molecular weight is 413 g/mol. The maximum absolute atomic E-state index is 13.0. The highest BCUT2D eigenvalue weighted by Crippen LogP contribution is 2.28. The van der Waals surface area contributed by atoms with E-state index in [9.17, 15) is 9.59 Å². The lowest BCUT2D eigenvalue weighted by Crippen LogP contribution is -2.50. The molecule has 2 fully saturated rings. The summed E-state index contributed by atoms with van der Waals surface area (Å²) in [5.74, 6) is -0.0843. The number of piperazine rings is 1. The molecule has 1 aromatic heterocycles. The van der Waals surface area contributed by atoms with E-state index in [0.717, 1.165) is 30.3 Å². The quantitative estimate of drug-likeness (QED) is 0.731. The van der Waals surface area contributed by atoms with Crippen LogP contribution in [0.2, 0.25) is 0 Å². The molecular formula is C22H28N4O2S. The topological polar surface area (TPSA) is 56.8 Å². The standard InChI is InChI=1S/C22H28N4O2S/c1-2-3-4-17-5-7-19(8-6-17)26-16-18(15-20(26)27)21(28)24-10-12-25(13-11-24)22-23-9-14-29-22/h5-9,14,18H,2-4,10-13,15-16H2,1H3/t18-/m0/s1. The molecule has 2 aromatic rings. The predicted octanol–water partition coefficient (Wildman–Crippen LogP) is 3.19. The van der Waals surface area contributed by atoms with Crippen LogP contribution < -0.4 is 9.80 Å². The monoisotopic (exact) mass is 412 g/mol. The van der Waals surface area contributed by atoms with Crippen molar-refractivity contribution in [2.45, 2.75) is 32.6 Å². The van der Waals surface area contributed by atoms with Crippen molar-refractivity contribution in [1.82, 2.24) is 9.88 Å². The number of carbonyl (C=O) groups excluding carboxylic acids is 2. The normalized spacial score (nSPS) is 19.8. The van der Waals surface area contributed by atoms with Crippen LogP contribution in [0.15, 0.2) is 35.8 Å². The molecule has 2 amide bonds. The number of anilines is 2. The first-order valence-electron chi connectivity index (χ1n) is 10.5. The van der Waals surface area contributed by atoms with Crippen LogP contribution in [0.1, 0.15) is 31.7 Å². The van der Waals surface area contributed by atoms with Gasteiger partial charge in [-0.1, -0.05) is 25.5 Å². The summed E-state index contributed by atoms with van der Waals surface area (Å²) in [7, 11) is 0. The van der Waals surface area contributed by atoms with Crippen LogP contribution in [0.4, 0.5) is 10.8 Å². The third-order valence-electron chi connectivity index (χ3n) is 5.82. The Morgan fingerprint density at radius 1 is 1.17 bits per heavy atom. The van der Waals surface area contributed by atoms with Crippen molar-refractivity contribution >= 4 is 34.0 Å². The summed E-state index contributed by atoms with van der Waals surface area (Å²) >= 11 is 1.63. The number of hydrogen-bond donors (Lipinski definition) is 0. The van der Waals surface area contributed by atoms with Gasteiger partial charge in [0.15, 0.2) is 5.13 Å². The molecule has 2 aliphatic rings. The Hall–Kier alpha value is -2.41. The molecule has 0 bridgehead atoms. The lowest BCUT2D eigenvalue weighted by Gasteiger charge is -2.35. The highest BCUT2D eigenvalue weighted by Gasteiger charge is 2.38. The van der Waals surface area contributed by atoms with Gasteiger partial charge in [0.05, 0.1) is 5.92 Å². The number of carbonyl (C=O) groups is 2. The molecule has 0 saturated carbocycles. The predicted molar refractivity (Wildman–Crippen MR) is 116 cm³/mol. The van der Waals surface area contributed by atoms with Gasteiger partial charge in [0.2, 0.25) is 11.8 Å². The van der Waals surface area contributed by atoms with E-state index < -0.39 is 0 Å². The van der Waals surface area contributed by atoms with E-state index in [0.29, 0.717) is 26.1 Å². The molecule has 1 atom stereocenters. The van der Waals surface area contributed by atoms with Crippen LogP contribution in [-0.2, 0) is 16.0 Å².